The Morgan fingerprint density at radius 2 is 2.00 bits per heavy atom. The zero-order chi connectivity index (χ0) is 13.3. The molecule has 0 aliphatic carbocycles. The third-order valence-electron chi connectivity index (χ3n) is 2.02. The summed E-state index contributed by atoms with van der Waals surface area (Å²) in [6.07, 6.45) is 1.24. The smallest absolute Gasteiger partial charge is 0.326 e. The van der Waals surface area contributed by atoms with Gasteiger partial charge in [0.05, 0.1) is 12.7 Å². The molecule has 0 heterocycles. The molecule has 0 aliphatic heterocycles. The summed E-state index contributed by atoms with van der Waals surface area (Å²) in [5.41, 5.74) is 0. The van der Waals surface area contributed by atoms with Crippen LogP contribution in [0.1, 0.15) is 33.6 Å². The van der Waals surface area contributed by atoms with Gasteiger partial charge < -0.3 is 20.5 Å². The molecule has 100 valence electrons. The number of carboxylic acids is 1. The molecule has 0 unspecified atom stereocenters. The highest BCUT2D eigenvalue weighted by Gasteiger charge is 2.18. The molecule has 0 spiro atoms. The van der Waals surface area contributed by atoms with Gasteiger partial charge in [0.25, 0.3) is 0 Å². The lowest BCUT2D eigenvalue weighted by molar-refractivity contribution is -0.139. The maximum Gasteiger partial charge on any atom is 0.326 e. The Kier molecular flexibility index (Phi) is 8.13. The van der Waals surface area contributed by atoms with Crippen LogP contribution in [0.3, 0.4) is 0 Å². The Morgan fingerprint density at radius 1 is 1.35 bits per heavy atom. The van der Waals surface area contributed by atoms with E-state index in [0.29, 0.717) is 26.0 Å². The molecular weight excluding hydrogens is 224 g/mol. The van der Waals surface area contributed by atoms with E-state index >= 15 is 0 Å². The van der Waals surface area contributed by atoms with Gasteiger partial charge in [-0.3, -0.25) is 0 Å². The molecule has 0 aliphatic rings. The number of carbonyl (C=O) groups excluding carboxylic acids is 1. The van der Waals surface area contributed by atoms with Gasteiger partial charge in [0.15, 0.2) is 0 Å². The topological polar surface area (TPSA) is 87.7 Å². The number of carboxylic acid groups (broad SMARTS) is 1. The standard InChI is InChI=1S/C11H22N2O4/c1-4-5-9(10(14)15)13-11(16)12-6-7-17-8(2)3/h8-9H,4-7H2,1-3H3,(H,14,15)(H2,12,13,16)/t9-/m1/s1. The van der Waals surface area contributed by atoms with Crippen molar-refractivity contribution in [2.24, 2.45) is 0 Å². The first-order chi connectivity index (χ1) is 7.97. The van der Waals surface area contributed by atoms with Crippen molar-refractivity contribution in [1.29, 1.82) is 0 Å². The maximum absolute atomic E-state index is 11.3. The highest BCUT2D eigenvalue weighted by Crippen LogP contribution is 1.96. The first-order valence-electron chi connectivity index (χ1n) is 5.86. The third-order valence-corrected chi connectivity index (χ3v) is 2.02. The van der Waals surface area contributed by atoms with Crippen LogP contribution in [-0.4, -0.2) is 42.4 Å². The van der Waals surface area contributed by atoms with Crippen molar-refractivity contribution in [3.05, 3.63) is 0 Å². The van der Waals surface area contributed by atoms with E-state index in [9.17, 15) is 9.59 Å². The van der Waals surface area contributed by atoms with Gasteiger partial charge in [-0.15, -0.1) is 0 Å². The monoisotopic (exact) mass is 246 g/mol. The summed E-state index contributed by atoms with van der Waals surface area (Å²) < 4.78 is 5.23. The lowest BCUT2D eigenvalue weighted by Gasteiger charge is -2.14. The third kappa shape index (κ3) is 8.50. The van der Waals surface area contributed by atoms with Gasteiger partial charge in [-0.2, -0.15) is 0 Å². The van der Waals surface area contributed by atoms with Gasteiger partial charge in [-0.05, 0) is 20.3 Å². The van der Waals surface area contributed by atoms with Gasteiger partial charge in [0, 0.05) is 6.54 Å². The molecule has 3 N–H and O–H groups in total. The molecule has 0 aromatic carbocycles. The van der Waals surface area contributed by atoms with Gasteiger partial charge >= 0.3 is 12.0 Å². The molecule has 0 radical (unpaired) electrons. The molecule has 6 nitrogen and oxygen atoms in total. The van der Waals surface area contributed by atoms with E-state index in [2.05, 4.69) is 10.6 Å². The quantitative estimate of drug-likeness (QED) is 0.557. The summed E-state index contributed by atoms with van der Waals surface area (Å²) in [4.78, 5) is 22.1. The molecule has 1 atom stereocenters. The lowest BCUT2D eigenvalue weighted by Crippen LogP contribution is -2.46. The van der Waals surface area contributed by atoms with E-state index in [1.54, 1.807) is 0 Å². The Morgan fingerprint density at radius 3 is 2.47 bits per heavy atom. The summed E-state index contributed by atoms with van der Waals surface area (Å²) in [6, 6.07) is -1.30. The van der Waals surface area contributed by atoms with Gasteiger partial charge in [-0.25, -0.2) is 9.59 Å². The Bertz CT molecular complexity index is 244. The van der Waals surface area contributed by atoms with Crippen LogP contribution in [0, 0.1) is 0 Å². The normalized spacial score (nSPS) is 12.2. The van der Waals surface area contributed by atoms with Gasteiger partial charge in [0.2, 0.25) is 0 Å². The molecule has 2 amide bonds. The predicted molar refractivity (Wildman–Crippen MR) is 64.0 cm³/mol. The van der Waals surface area contributed by atoms with E-state index < -0.39 is 18.0 Å². The van der Waals surface area contributed by atoms with E-state index in [-0.39, 0.29) is 6.10 Å². The Hall–Kier alpha value is -1.30. The summed E-state index contributed by atoms with van der Waals surface area (Å²) in [5.74, 6) is -1.01. The van der Waals surface area contributed by atoms with Crippen molar-refractivity contribution < 1.29 is 19.4 Å². The van der Waals surface area contributed by atoms with Crippen LogP contribution in [-0.2, 0) is 9.53 Å². The van der Waals surface area contributed by atoms with Crippen LogP contribution in [0.15, 0.2) is 0 Å². The fourth-order valence-electron chi connectivity index (χ4n) is 1.21. The zero-order valence-corrected chi connectivity index (χ0v) is 10.7. The van der Waals surface area contributed by atoms with Crippen LogP contribution in [0.5, 0.6) is 0 Å². The van der Waals surface area contributed by atoms with Crippen LogP contribution in [0.2, 0.25) is 0 Å². The fourth-order valence-corrected chi connectivity index (χ4v) is 1.21. The largest absolute Gasteiger partial charge is 0.480 e. The van der Waals surface area contributed by atoms with Crippen molar-refractivity contribution in [3.63, 3.8) is 0 Å². The number of hydrogen-bond acceptors (Lipinski definition) is 3. The molecule has 0 saturated carbocycles. The average molecular weight is 246 g/mol. The average Bonchev–Trinajstić information content (AvgIpc) is 2.23. The first-order valence-corrected chi connectivity index (χ1v) is 5.86. The SMILES string of the molecule is CCC[C@@H](NC(=O)NCCOC(C)C)C(=O)O. The summed E-state index contributed by atoms with van der Waals surface area (Å²) in [7, 11) is 0. The molecule has 0 fully saturated rings. The predicted octanol–water partition coefficient (Wildman–Crippen LogP) is 0.964. The second-order valence-corrected chi connectivity index (χ2v) is 4.00. The van der Waals surface area contributed by atoms with Crippen molar-refractivity contribution in [2.45, 2.75) is 45.8 Å². The van der Waals surface area contributed by atoms with Crippen molar-refractivity contribution in [2.75, 3.05) is 13.2 Å². The second-order valence-electron chi connectivity index (χ2n) is 4.00. The van der Waals surface area contributed by atoms with E-state index in [4.69, 9.17) is 9.84 Å². The van der Waals surface area contributed by atoms with E-state index in [0.717, 1.165) is 0 Å². The number of hydrogen-bond donors (Lipinski definition) is 3. The summed E-state index contributed by atoms with van der Waals surface area (Å²) >= 11 is 0. The Balaban J connectivity index is 3.78. The highest BCUT2D eigenvalue weighted by atomic mass is 16.5. The number of nitrogens with one attached hydrogen (secondary N) is 2. The number of amides is 2. The number of rotatable bonds is 8. The molecule has 0 saturated heterocycles. The Labute approximate surface area is 102 Å². The molecule has 0 aromatic rings. The minimum Gasteiger partial charge on any atom is -0.480 e. The second kappa shape index (κ2) is 8.81. The number of aliphatic carboxylic acids is 1. The number of urea groups is 1. The molecule has 6 heteroatoms. The number of ether oxygens (including phenoxy) is 1. The van der Waals surface area contributed by atoms with Gasteiger partial charge in [0.1, 0.15) is 6.04 Å². The fraction of sp³-hybridized carbons (Fsp3) is 0.818. The zero-order valence-electron chi connectivity index (χ0n) is 10.7. The minimum atomic E-state index is -1.01. The summed E-state index contributed by atoms with van der Waals surface area (Å²) in [6.45, 7) is 6.45. The van der Waals surface area contributed by atoms with Crippen LogP contribution in [0.4, 0.5) is 4.79 Å². The molecule has 0 aromatic heterocycles. The van der Waals surface area contributed by atoms with E-state index in [1.165, 1.54) is 0 Å². The highest BCUT2D eigenvalue weighted by molar-refractivity contribution is 5.82. The van der Waals surface area contributed by atoms with E-state index in [1.807, 2.05) is 20.8 Å². The van der Waals surface area contributed by atoms with Crippen molar-refractivity contribution in [3.8, 4) is 0 Å². The molecular formula is C11H22N2O4. The summed E-state index contributed by atoms with van der Waals surface area (Å²) in [5, 5.41) is 13.8. The van der Waals surface area contributed by atoms with Gasteiger partial charge in [-0.1, -0.05) is 13.3 Å². The van der Waals surface area contributed by atoms with Crippen LogP contribution < -0.4 is 10.6 Å². The maximum atomic E-state index is 11.3. The van der Waals surface area contributed by atoms with Crippen molar-refractivity contribution >= 4 is 12.0 Å². The minimum absolute atomic E-state index is 0.117. The first kappa shape index (κ1) is 15.7. The van der Waals surface area contributed by atoms with Crippen LogP contribution >= 0.6 is 0 Å². The molecule has 0 rings (SSSR count). The molecule has 0 bridgehead atoms. The lowest BCUT2D eigenvalue weighted by atomic mass is 10.2. The number of carbonyl (C=O) groups is 2. The van der Waals surface area contributed by atoms with Crippen LogP contribution in [0.25, 0.3) is 0 Å². The van der Waals surface area contributed by atoms with Crippen molar-refractivity contribution in [1.82, 2.24) is 10.6 Å². The molecule has 17 heavy (non-hydrogen) atoms.